The summed E-state index contributed by atoms with van der Waals surface area (Å²) in [6.07, 6.45) is 3.52. The van der Waals surface area contributed by atoms with Crippen molar-refractivity contribution >= 4 is 11.6 Å². The predicted octanol–water partition coefficient (Wildman–Crippen LogP) is 3.21. The molecule has 136 valence electrons. The first-order valence-corrected chi connectivity index (χ1v) is 9.54. The van der Waals surface area contributed by atoms with Crippen LogP contribution in [0.4, 0.5) is 5.69 Å². The molecular formula is C22H26N2O2. The normalized spacial score (nSPS) is 16.5. The highest BCUT2D eigenvalue weighted by Gasteiger charge is 2.22. The third-order valence-electron chi connectivity index (χ3n) is 5.52. The Hall–Kier alpha value is -2.49. The standard InChI is InChI=1S/C22H26N2O2/c1-17-5-2-3-8-21(17)23-11-13-24(14-12-23)22(25)16-26-20-10-9-18-6-4-7-19(18)15-20/h2-3,5,8-10,15H,4,6-7,11-14,16H2,1H3. The second-order valence-corrected chi connectivity index (χ2v) is 7.23. The van der Waals surface area contributed by atoms with Crippen LogP contribution in [0.5, 0.6) is 5.75 Å². The zero-order valence-corrected chi connectivity index (χ0v) is 15.4. The van der Waals surface area contributed by atoms with Gasteiger partial charge in [0, 0.05) is 31.9 Å². The number of carbonyl (C=O) groups excluding carboxylic acids is 1. The van der Waals surface area contributed by atoms with E-state index in [0.29, 0.717) is 0 Å². The van der Waals surface area contributed by atoms with Gasteiger partial charge in [0.05, 0.1) is 0 Å². The molecule has 1 fully saturated rings. The quantitative estimate of drug-likeness (QED) is 0.849. The Balaban J connectivity index is 1.29. The number of piperazine rings is 1. The highest BCUT2D eigenvalue weighted by Crippen LogP contribution is 2.26. The first-order valence-electron chi connectivity index (χ1n) is 9.54. The summed E-state index contributed by atoms with van der Waals surface area (Å²) in [6, 6.07) is 14.7. The molecule has 0 spiro atoms. The van der Waals surface area contributed by atoms with Gasteiger partial charge < -0.3 is 14.5 Å². The SMILES string of the molecule is Cc1ccccc1N1CCN(C(=O)COc2ccc3c(c2)CCC3)CC1. The summed E-state index contributed by atoms with van der Waals surface area (Å²) >= 11 is 0. The van der Waals surface area contributed by atoms with Crippen LogP contribution >= 0.6 is 0 Å². The fraction of sp³-hybridized carbons (Fsp3) is 0.409. The zero-order valence-electron chi connectivity index (χ0n) is 15.4. The van der Waals surface area contributed by atoms with E-state index in [1.165, 1.54) is 35.2 Å². The zero-order chi connectivity index (χ0) is 17.9. The van der Waals surface area contributed by atoms with Crippen LogP contribution in [0.1, 0.15) is 23.1 Å². The Morgan fingerprint density at radius 2 is 1.77 bits per heavy atom. The van der Waals surface area contributed by atoms with E-state index >= 15 is 0 Å². The van der Waals surface area contributed by atoms with Crippen LogP contribution in [0, 0.1) is 6.92 Å². The van der Waals surface area contributed by atoms with Crippen LogP contribution in [0.3, 0.4) is 0 Å². The van der Waals surface area contributed by atoms with Gasteiger partial charge in [0.25, 0.3) is 5.91 Å². The second kappa shape index (κ2) is 7.40. The number of benzene rings is 2. The third-order valence-corrected chi connectivity index (χ3v) is 5.52. The number of hydrogen-bond acceptors (Lipinski definition) is 3. The van der Waals surface area contributed by atoms with Crippen molar-refractivity contribution < 1.29 is 9.53 Å². The number of fused-ring (bicyclic) bond motifs is 1. The van der Waals surface area contributed by atoms with Crippen molar-refractivity contribution in [1.29, 1.82) is 0 Å². The minimum Gasteiger partial charge on any atom is -0.484 e. The number of hydrogen-bond donors (Lipinski definition) is 0. The number of amides is 1. The maximum absolute atomic E-state index is 12.5. The van der Waals surface area contributed by atoms with Gasteiger partial charge >= 0.3 is 0 Å². The van der Waals surface area contributed by atoms with Crippen molar-refractivity contribution in [3.63, 3.8) is 0 Å². The first-order chi connectivity index (χ1) is 12.7. The molecule has 4 rings (SSSR count). The van der Waals surface area contributed by atoms with Gasteiger partial charge in [-0.25, -0.2) is 0 Å². The number of rotatable bonds is 4. The molecule has 0 unspecified atom stereocenters. The first kappa shape index (κ1) is 17.0. The molecule has 26 heavy (non-hydrogen) atoms. The highest BCUT2D eigenvalue weighted by molar-refractivity contribution is 5.78. The second-order valence-electron chi connectivity index (χ2n) is 7.23. The lowest BCUT2D eigenvalue weighted by atomic mass is 10.1. The van der Waals surface area contributed by atoms with Crippen molar-refractivity contribution in [2.45, 2.75) is 26.2 Å². The van der Waals surface area contributed by atoms with Crippen LogP contribution in [-0.4, -0.2) is 43.6 Å². The lowest BCUT2D eigenvalue weighted by Crippen LogP contribution is -2.50. The average Bonchev–Trinajstić information content (AvgIpc) is 3.14. The third kappa shape index (κ3) is 3.55. The Morgan fingerprint density at radius 1 is 1.00 bits per heavy atom. The summed E-state index contributed by atoms with van der Waals surface area (Å²) in [6.45, 7) is 5.51. The lowest BCUT2D eigenvalue weighted by molar-refractivity contribution is -0.133. The van der Waals surface area contributed by atoms with E-state index in [0.717, 1.165) is 38.3 Å². The summed E-state index contributed by atoms with van der Waals surface area (Å²) in [5, 5.41) is 0. The molecule has 2 aromatic carbocycles. The fourth-order valence-electron chi connectivity index (χ4n) is 3.99. The molecule has 1 aliphatic carbocycles. The van der Waals surface area contributed by atoms with Crippen LogP contribution in [0.15, 0.2) is 42.5 Å². The number of para-hydroxylation sites is 1. The molecule has 0 radical (unpaired) electrons. The van der Waals surface area contributed by atoms with Crippen molar-refractivity contribution in [3.8, 4) is 5.75 Å². The van der Waals surface area contributed by atoms with E-state index < -0.39 is 0 Å². The van der Waals surface area contributed by atoms with Gasteiger partial charge in [0.15, 0.2) is 6.61 Å². The van der Waals surface area contributed by atoms with Gasteiger partial charge in [-0.3, -0.25) is 4.79 Å². The largest absolute Gasteiger partial charge is 0.484 e. The molecule has 2 aromatic rings. The minimum absolute atomic E-state index is 0.0786. The number of aryl methyl sites for hydroxylation is 3. The summed E-state index contributed by atoms with van der Waals surface area (Å²) in [4.78, 5) is 16.8. The van der Waals surface area contributed by atoms with Crippen molar-refractivity contribution in [2.75, 3.05) is 37.7 Å². The molecule has 2 aliphatic rings. The fourth-order valence-corrected chi connectivity index (χ4v) is 3.99. The number of nitrogens with zero attached hydrogens (tertiary/aromatic N) is 2. The molecule has 1 heterocycles. The molecule has 1 aliphatic heterocycles. The molecule has 4 nitrogen and oxygen atoms in total. The van der Waals surface area contributed by atoms with E-state index in [1.807, 2.05) is 11.0 Å². The van der Waals surface area contributed by atoms with Crippen molar-refractivity contribution in [1.82, 2.24) is 4.90 Å². The molecule has 0 aromatic heterocycles. The molecule has 4 heteroatoms. The maximum Gasteiger partial charge on any atom is 0.260 e. The Morgan fingerprint density at radius 3 is 2.58 bits per heavy atom. The van der Waals surface area contributed by atoms with E-state index in [9.17, 15) is 4.79 Å². The van der Waals surface area contributed by atoms with E-state index in [-0.39, 0.29) is 12.5 Å². The summed E-state index contributed by atoms with van der Waals surface area (Å²) in [5.41, 5.74) is 5.36. The number of anilines is 1. The topological polar surface area (TPSA) is 32.8 Å². The number of carbonyl (C=O) groups is 1. The molecule has 0 saturated carbocycles. The van der Waals surface area contributed by atoms with Gasteiger partial charge in [-0.05, 0) is 61.1 Å². The lowest BCUT2D eigenvalue weighted by Gasteiger charge is -2.36. The van der Waals surface area contributed by atoms with Crippen molar-refractivity contribution in [3.05, 3.63) is 59.2 Å². The number of ether oxygens (including phenoxy) is 1. The summed E-state index contributed by atoms with van der Waals surface area (Å²) in [7, 11) is 0. The van der Waals surface area contributed by atoms with E-state index in [2.05, 4.69) is 48.2 Å². The molecule has 0 bridgehead atoms. The highest BCUT2D eigenvalue weighted by atomic mass is 16.5. The molecule has 1 saturated heterocycles. The smallest absolute Gasteiger partial charge is 0.260 e. The minimum atomic E-state index is 0.0786. The Bertz CT molecular complexity index is 794. The predicted molar refractivity (Wildman–Crippen MR) is 104 cm³/mol. The van der Waals surface area contributed by atoms with Gasteiger partial charge in [-0.2, -0.15) is 0 Å². The van der Waals surface area contributed by atoms with Crippen molar-refractivity contribution in [2.24, 2.45) is 0 Å². The van der Waals surface area contributed by atoms with Gasteiger partial charge in [0.2, 0.25) is 0 Å². The molecule has 0 atom stereocenters. The Labute approximate surface area is 155 Å². The summed E-state index contributed by atoms with van der Waals surface area (Å²) < 4.78 is 5.77. The monoisotopic (exact) mass is 350 g/mol. The molecule has 1 amide bonds. The van der Waals surface area contributed by atoms with Gasteiger partial charge in [-0.15, -0.1) is 0 Å². The van der Waals surface area contributed by atoms with Crippen LogP contribution < -0.4 is 9.64 Å². The van der Waals surface area contributed by atoms with Gasteiger partial charge in [-0.1, -0.05) is 24.3 Å². The van der Waals surface area contributed by atoms with E-state index in [1.54, 1.807) is 0 Å². The van der Waals surface area contributed by atoms with Crippen LogP contribution in [0.2, 0.25) is 0 Å². The van der Waals surface area contributed by atoms with Gasteiger partial charge in [0.1, 0.15) is 5.75 Å². The Kier molecular flexibility index (Phi) is 4.83. The van der Waals surface area contributed by atoms with Crippen LogP contribution in [0.25, 0.3) is 0 Å². The van der Waals surface area contributed by atoms with Crippen LogP contribution in [-0.2, 0) is 17.6 Å². The molecular weight excluding hydrogens is 324 g/mol. The average molecular weight is 350 g/mol. The molecule has 0 N–H and O–H groups in total. The maximum atomic E-state index is 12.5. The summed E-state index contributed by atoms with van der Waals surface area (Å²) in [5.74, 6) is 0.896. The van der Waals surface area contributed by atoms with E-state index in [4.69, 9.17) is 4.74 Å².